The zero-order valence-electron chi connectivity index (χ0n) is 17.5. The highest BCUT2D eigenvalue weighted by Crippen LogP contribution is 2.39. The number of nitrogens with two attached hydrogens (primary N) is 1. The summed E-state index contributed by atoms with van der Waals surface area (Å²) < 4.78 is 0. The SMILES string of the molecule is CC(C)(N)c1ccc(N/C(=C2\C(=O)Nc3cc(Cl)ccc32)c2ccc([N+](=O)[O-])cc2)cc1. The first-order chi connectivity index (χ1) is 15.1. The highest BCUT2D eigenvalue weighted by atomic mass is 35.5. The van der Waals surface area contributed by atoms with Gasteiger partial charge in [0.25, 0.3) is 11.6 Å². The van der Waals surface area contributed by atoms with Crippen LogP contribution in [0.2, 0.25) is 5.02 Å². The number of non-ortho nitro benzene ring substituents is 1. The molecule has 0 aromatic heterocycles. The maximum Gasteiger partial charge on any atom is 0.269 e. The van der Waals surface area contributed by atoms with Crippen molar-refractivity contribution < 1.29 is 9.72 Å². The van der Waals surface area contributed by atoms with E-state index in [4.69, 9.17) is 17.3 Å². The number of nitro benzene ring substituents is 1. The maximum atomic E-state index is 12.9. The lowest BCUT2D eigenvalue weighted by molar-refractivity contribution is -0.384. The van der Waals surface area contributed by atoms with Gasteiger partial charge in [-0.05, 0) is 61.4 Å². The van der Waals surface area contributed by atoms with Crippen LogP contribution < -0.4 is 16.4 Å². The monoisotopic (exact) mass is 448 g/mol. The van der Waals surface area contributed by atoms with Crippen molar-refractivity contribution in [2.24, 2.45) is 5.73 Å². The van der Waals surface area contributed by atoms with E-state index in [9.17, 15) is 14.9 Å². The molecule has 0 saturated heterocycles. The number of anilines is 2. The number of carbonyl (C=O) groups is 1. The molecule has 0 saturated carbocycles. The highest BCUT2D eigenvalue weighted by molar-refractivity contribution is 6.38. The summed E-state index contributed by atoms with van der Waals surface area (Å²) in [6.07, 6.45) is 0. The Balaban J connectivity index is 1.84. The van der Waals surface area contributed by atoms with Crippen LogP contribution in [-0.4, -0.2) is 10.8 Å². The Morgan fingerprint density at radius 1 is 1.06 bits per heavy atom. The molecule has 1 aliphatic rings. The zero-order chi connectivity index (χ0) is 23.0. The van der Waals surface area contributed by atoms with Crippen LogP contribution in [-0.2, 0) is 10.3 Å². The van der Waals surface area contributed by atoms with Gasteiger partial charge in [0.1, 0.15) is 0 Å². The third kappa shape index (κ3) is 4.21. The molecule has 8 heteroatoms. The Labute approximate surface area is 190 Å². The van der Waals surface area contributed by atoms with Crippen molar-refractivity contribution in [3.63, 3.8) is 0 Å². The topological polar surface area (TPSA) is 110 Å². The van der Waals surface area contributed by atoms with Gasteiger partial charge in [0.05, 0.1) is 21.9 Å². The third-order valence-corrected chi connectivity index (χ3v) is 5.48. The molecule has 0 spiro atoms. The van der Waals surface area contributed by atoms with Gasteiger partial charge in [-0.2, -0.15) is 0 Å². The summed E-state index contributed by atoms with van der Waals surface area (Å²) >= 11 is 6.09. The van der Waals surface area contributed by atoms with E-state index < -0.39 is 10.5 Å². The number of fused-ring (bicyclic) bond motifs is 1. The quantitative estimate of drug-likeness (QED) is 0.276. The molecule has 0 aliphatic carbocycles. The standard InChI is InChI=1S/C24H21ClN4O3/c1-24(2,26)15-5-8-17(9-6-15)27-22(14-3-10-18(11-4-14)29(31)32)21-19-12-7-16(25)13-20(19)28-23(21)30/h3-13,27H,26H2,1-2H3,(H,28,30)/b22-21-. The molecule has 0 fully saturated rings. The van der Waals surface area contributed by atoms with Crippen LogP contribution in [0, 0.1) is 10.1 Å². The van der Waals surface area contributed by atoms with Crippen molar-refractivity contribution in [1.82, 2.24) is 0 Å². The second kappa shape index (κ2) is 8.11. The Morgan fingerprint density at radius 3 is 2.31 bits per heavy atom. The molecule has 3 aromatic carbocycles. The van der Waals surface area contributed by atoms with Gasteiger partial charge in [-0.15, -0.1) is 0 Å². The Hall–Kier alpha value is -3.68. The van der Waals surface area contributed by atoms with E-state index in [1.54, 1.807) is 30.3 Å². The molecule has 3 aromatic rings. The number of nitro groups is 1. The van der Waals surface area contributed by atoms with Crippen LogP contribution in [0.5, 0.6) is 0 Å². The molecule has 32 heavy (non-hydrogen) atoms. The van der Waals surface area contributed by atoms with Crippen molar-refractivity contribution >= 4 is 45.8 Å². The molecular formula is C24H21ClN4O3. The number of nitrogens with one attached hydrogen (secondary N) is 2. The van der Waals surface area contributed by atoms with Gasteiger partial charge in [0.15, 0.2) is 0 Å². The van der Waals surface area contributed by atoms with Gasteiger partial charge in [0.2, 0.25) is 0 Å². The smallest absolute Gasteiger partial charge is 0.269 e. The number of carbonyl (C=O) groups excluding carboxylic acids is 1. The third-order valence-electron chi connectivity index (χ3n) is 5.24. The number of hydrogen-bond donors (Lipinski definition) is 3. The fourth-order valence-corrected chi connectivity index (χ4v) is 3.72. The van der Waals surface area contributed by atoms with Gasteiger partial charge in [-0.25, -0.2) is 0 Å². The fraction of sp³-hybridized carbons (Fsp3) is 0.125. The molecule has 162 valence electrons. The van der Waals surface area contributed by atoms with Crippen molar-refractivity contribution in [3.8, 4) is 0 Å². The van der Waals surface area contributed by atoms with Crippen LogP contribution in [0.4, 0.5) is 17.1 Å². The summed E-state index contributed by atoms with van der Waals surface area (Å²) in [5.41, 5.74) is 10.3. The summed E-state index contributed by atoms with van der Waals surface area (Å²) in [6, 6.07) is 18.8. The molecule has 0 atom stereocenters. The van der Waals surface area contributed by atoms with Crippen LogP contribution in [0.25, 0.3) is 11.3 Å². The second-order valence-corrected chi connectivity index (χ2v) is 8.56. The number of rotatable bonds is 5. The van der Waals surface area contributed by atoms with Crippen LogP contribution >= 0.6 is 11.6 Å². The van der Waals surface area contributed by atoms with Crippen molar-refractivity contribution in [2.75, 3.05) is 10.6 Å². The molecule has 1 amide bonds. The summed E-state index contributed by atoms with van der Waals surface area (Å²) in [5, 5.41) is 17.8. The summed E-state index contributed by atoms with van der Waals surface area (Å²) in [6.45, 7) is 3.84. The average Bonchev–Trinajstić information content (AvgIpc) is 3.06. The van der Waals surface area contributed by atoms with E-state index in [0.717, 1.165) is 11.3 Å². The normalized spacial score (nSPS) is 14.6. The molecular weight excluding hydrogens is 428 g/mol. The minimum absolute atomic E-state index is 0.0318. The van der Waals surface area contributed by atoms with E-state index in [1.165, 1.54) is 12.1 Å². The molecule has 4 rings (SSSR count). The number of nitrogens with zero attached hydrogens (tertiary/aromatic N) is 1. The molecule has 1 aliphatic heterocycles. The first-order valence-corrected chi connectivity index (χ1v) is 10.3. The predicted octanol–water partition coefficient (Wildman–Crippen LogP) is 5.37. The average molecular weight is 449 g/mol. The fourth-order valence-electron chi connectivity index (χ4n) is 3.55. The lowest BCUT2D eigenvalue weighted by Crippen LogP contribution is -2.28. The Bertz CT molecular complexity index is 1240. The molecule has 4 N–H and O–H groups in total. The van der Waals surface area contributed by atoms with Crippen LogP contribution in [0.1, 0.15) is 30.5 Å². The minimum atomic E-state index is -0.484. The summed E-state index contributed by atoms with van der Waals surface area (Å²) in [7, 11) is 0. The first-order valence-electron chi connectivity index (χ1n) is 9.90. The number of halogens is 1. The largest absolute Gasteiger partial charge is 0.354 e. The Morgan fingerprint density at radius 2 is 1.72 bits per heavy atom. The number of benzene rings is 3. The molecule has 0 radical (unpaired) electrons. The van der Waals surface area contributed by atoms with Gasteiger partial charge in [-0.3, -0.25) is 14.9 Å². The van der Waals surface area contributed by atoms with E-state index in [1.807, 2.05) is 38.1 Å². The summed E-state index contributed by atoms with van der Waals surface area (Å²) in [4.78, 5) is 23.6. The molecule has 0 unspecified atom stereocenters. The Kier molecular flexibility index (Phi) is 5.46. The number of hydrogen-bond acceptors (Lipinski definition) is 5. The molecule has 7 nitrogen and oxygen atoms in total. The lowest BCUT2D eigenvalue weighted by Gasteiger charge is -2.20. The van der Waals surface area contributed by atoms with Crippen molar-refractivity contribution in [2.45, 2.75) is 19.4 Å². The van der Waals surface area contributed by atoms with E-state index in [0.29, 0.717) is 33.1 Å². The van der Waals surface area contributed by atoms with Crippen molar-refractivity contribution in [1.29, 1.82) is 0 Å². The minimum Gasteiger partial charge on any atom is -0.354 e. The predicted molar refractivity (Wildman–Crippen MR) is 127 cm³/mol. The van der Waals surface area contributed by atoms with Gasteiger partial charge in [0, 0.05) is 33.9 Å². The van der Waals surface area contributed by atoms with Crippen molar-refractivity contribution in [3.05, 3.63) is 98.6 Å². The van der Waals surface area contributed by atoms with Gasteiger partial charge < -0.3 is 16.4 Å². The van der Waals surface area contributed by atoms with Crippen LogP contribution in [0.15, 0.2) is 66.7 Å². The van der Waals surface area contributed by atoms with Crippen LogP contribution in [0.3, 0.4) is 0 Å². The maximum absolute atomic E-state index is 12.9. The molecule has 1 heterocycles. The highest BCUT2D eigenvalue weighted by Gasteiger charge is 2.29. The van der Waals surface area contributed by atoms with E-state index >= 15 is 0 Å². The molecule has 0 bridgehead atoms. The van der Waals surface area contributed by atoms with E-state index in [-0.39, 0.29) is 11.6 Å². The summed E-state index contributed by atoms with van der Waals surface area (Å²) in [5.74, 6) is -0.289. The van der Waals surface area contributed by atoms with Gasteiger partial charge in [-0.1, -0.05) is 29.8 Å². The number of amides is 1. The van der Waals surface area contributed by atoms with Gasteiger partial charge >= 0.3 is 0 Å². The zero-order valence-corrected chi connectivity index (χ0v) is 18.2. The second-order valence-electron chi connectivity index (χ2n) is 8.12. The first kappa shape index (κ1) is 21.5. The lowest BCUT2D eigenvalue weighted by atomic mass is 9.95. The van der Waals surface area contributed by atoms with E-state index in [2.05, 4.69) is 10.6 Å².